The maximum Gasteiger partial charge on any atom is 0.189 e. The number of fused-ring (bicyclic) bond motifs is 1. The lowest BCUT2D eigenvalue weighted by atomic mass is 10.2. The van der Waals surface area contributed by atoms with Crippen molar-refractivity contribution >= 4 is 22.8 Å². The Kier molecular flexibility index (Phi) is 3.97. The molecular weight excluding hydrogens is 370 g/mol. The minimum atomic E-state index is 0.355. The van der Waals surface area contributed by atoms with Crippen molar-refractivity contribution in [2.75, 3.05) is 6.26 Å². The van der Waals surface area contributed by atoms with Crippen molar-refractivity contribution in [1.29, 1.82) is 0 Å². The molecule has 0 radical (unpaired) electrons. The molecule has 3 aromatic heterocycles. The lowest BCUT2D eigenvalue weighted by Crippen LogP contribution is -2.06. The van der Waals surface area contributed by atoms with Crippen LogP contribution in [0.15, 0.2) is 35.5 Å². The van der Waals surface area contributed by atoms with Crippen molar-refractivity contribution in [2.45, 2.75) is 37.3 Å². The van der Waals surface area contributed by atoms with Crippen LogP contribution < -0.4 is 0 Å². The fraction of sp³-hybridized carbons (Fsp3) is 0.350. The first-order valence-corrected chi connectivity index (χ1v) is 10.5. The van der Waals surface area contributed by atoms with Crippen molar-refractivity contribution in [1.82, 2.24) is 34.3 Å². The molecule has 8 heteroatoms. The van der Waals surface area contributed by atoms with Crippen LogP contribution in [0.2, 0.25) is 0 Å². The zero-order chi connectivity index (χ0) is 19.4. The third-order valence-electron chi connectivity index (χ3n) is 5.31. The van der Waals surface area contributed by atoms with Crippen molar-refractivity contribution < 1.29 is 0 Å². The number of hydrogen-bond donors (Lipinski definition) is 0. The maximum absolute atomic E-state index is 4.88. The van der Waals surface area contributed by atoms with E-state index in [9.17, 15) is 0 Å². The minimum absolute atomic E-state index is 0.355. The van der Waals surface area contributed by atoms with Gasteiger partial charge < -0.3 is 4.57 Å². The molecule has 1 fully saturated rings. The second-order valence-electron chi connectivity index (χ2n) is 7.22. The highest BCUT2D eigenvalue weighted by Gasteiger charge is 2.44. The normalized spacial score (nSPS) is 18.7. The summed E-state index contributed by atoms with van der Waals surface area (Å²) in [5.74, 6) is 4.22. The van der Waals surface area contributed by atoms with Gasteiger partial charge in [-0.05, 0) is 38.7 Å². The summed E-state index contributed by atoms with van der Waals surface area (Å²) in [7, 11) is 2.10. The Labute approximate surface area is 167 Å². The number of hydrogen-bond acceptors (Lipinski definition) is 6. The average molecular weight is 392 g/mol. The lowest BCUT2D eigenvalue weighted by Gasteiger charge is -2.08. The lowest BCUT2D eigenvalue weighted by molar-refractivity contribution is 0.750. The van der Waals surface area contributed by atoms with Gasteiger partial charge in [-0.1, -0.05) is 23.9 Å². The van der Waals surface area contributed by atoms with Crippen molar-refractivity contribution in [3.63, 3.8) is 0 Å². The van der Waals surface area contributed by atoms with Gasteiger partial charge in [-0.15, -0.1) is 5.10 Å². The molecular formula is C20H21N7S. The van der Waals surface area contributed by atoms with Gasteiger partial charge >= 0.3 is 0 Å². The van der Waals surface area contributed by atoms with E-state index in [4.69, 9.17) is 9.97 Å². The van der Waals surface area contributed by atoms with Crippen LogP contribution in [0.25, 0.3) is 16.9 Å². The van der Waals surface area contributed by atoms with E-state index >= 15 is 0 Å². The Morgan fingerprint density at radius 2 is 1.86 bits per heavy atom. The Morgan fingerprint density at radius 1 is 1.04 bits per heavy atom. The largest absolute Gasteiger partial charge is 0.331 e. The summed E-state index contributed by atoms with van der Waals surface area (Å²) >= 11 is 1.55. The van der Waals surface area contributed by atoms with E-state index < -0.39 is 0 Å². The zero-order valence-corrected chi connectivity index (χ0v) is 17.1. The Bertz CT molecular complexity index is 1190. The van der Waals surface area contributed by atoms with Gasteiger partial charge in [0.05, 0.1) is 16.7 Å². The summed E-state index contributed by atoms with van der Waals surface area (Å²) in [4.78, 5) is 18.7. The molecule has 0 saturated heterocycles. The number of rotatable bonds is 4. The first-order chi connectivity index (χ1) is 13.5. The molecule has 0 spiro atoms. The quantitative estimate of drug-likeness (QED) is 0.391. The average Bonchev–Trinajstić information content (AvgIpc) is 3.33. The molecule has 1 aromatic carbocycles. The molecule has 7 nitrogen and oxygen atoms in total. The fourth-order valence-electron chi connectivity index (χ4n) is 3.86. The van der Waals surface area contributed by atoms with E-state index in [1.807, 2.05) is 32.2 Å². The molecule has 2 atom stereocenters. The molecule has 3 heterocycles. The summed E-state index contributed by atoms with van der Waals surface area (Å²) < 4.78 is 4.01. The second kappa shape index (κ2) is 6.41. The van der Waals surface area contributed by atoms with Gasteiger partial charge in [-0.25, -0.2) is 19.9 Å². The fourth-order valence-corrected chi connectivity index (χ4v) is 4.24. The smallest absolute Gasteiger partial charge is 0.189 e. The molecule has 142 valence electrons. The van der Waals surface area contributed by atoms with Crippen LogP contribution in [0.5, 0.6) is 0 Å². The van der Waals surface area contributed by atoms with Gasteiger partial charge in [0.25, 0.3) is 0 Å². The minimum Gasteiger partial charge on any atom is -0.331 e. The van der Waals surface area contributed by atoms with Gasteiger partial charge in [0.1, 0.15) is 17.5 Å². The van der Waals surface area contributed by atoms with E-state index in [2.05, 4.69) is 44.9 Å². The van der Waals surface area contributed by atoms with Crippen LogP contribution in [0, 0.1) is 13.8 Å². The Morgan fingerprint density at radius 3 is 2.57 bits per heavy atom. The molecule has 5 rings (SSSR count). The number of aryl methyl sites for hydroxylation is 3. The number of thioether (sulfide) groups is 1. The van der Waals surface area contributed by atoms with Gasteiger partial charge in [0.2, 0.25) is 0 Å². The van der Waals surface area contributed by atoms with E-state index in [1.54, 1.807) is 16.4 Å². The third-order valence-corrected chi connectivity index (χ3v) is 5.86. The summed E-state index contributed by atoms with van der Waals surface area (Å²) in [6.07, 6.45) is 3.05. The van der Waals surface area contributed by atoms with E-state index in [0.29, 0.717) is 11.8 Å². The summed E-state index contributed by atoms with van der Waals surface area (Å²) in [5, 5.41) is 5.25. The molecule has 1 saturated carbocycles. The molecule has 0 unspecified atom stereocenters. The van der Waals surface area contributed by atoms with Crippen molar-refractivity contribution in [3.05, 3.63) is 53.5 Å². The molecule has 1 aliphatic carbocycles. The van der Waals surface area contributed by atoms with Crippen molar-refractivity contribution in [2.24, 2.45) is 7.05 Å². The van der Waals surface area contributed by atoms with Crippen LogP contribution in [0.4, 0.5) is 0 Å². The number of benzene rings is 1. The monoisotopic (exact) mass is 391 g/mol. The van der Waals surface area contributed by atoms with E-state index in [1.165, 1.54) is 5.52 Å². The number of imidazole rings is 1. The second-order valence-corrected chi connectivity index (χ2v) is 8.00. The molecule has 1 aliphatic rings. The van der Waals surface area contributed by atoms with Crippen LogP contribution >= 0.6 is 11.8 Å². The SMILES string of the molecule is CSc1nc([C@@H]2C[C@H]2c2nc3ccccc3n2C)cc(-n2nc(C)nc2C)n1. The first-order valence-electron chi connectivity index (χ1n) is 9.30. The van der Waals surface area contributed by atoms with Crippen LogP contribution in [-0.2, 0) is 7.05 Å². The molecule has 28 heavy (non-hydrogen) atoms. The third kappa shape index (κ3) is 2.79. The van der Waals surface area contributed by atoms with Gasteiger partial charge in [0.15, 0.2) is 11.0 Å². The molecule has 4 aromatic rings. The van der Waals surface area contributed by atoms with E-state index in [0.717, 1.165) is 46.1 Å². The number of para-hydroxylation sites is 2. The van der Waals surface area contributed by atoms with Crippen molar-refractivity contribution in [3.8, 4) is 5.82 Å². The first kappa shape index (κ1) is 17.4. The molecule has 0 bridgehead atoms. The van der Waals surface area contributed by atoms with Crippen LogP contribution in [0.1, 0.15) is 41.4 Å². The van der Waals surface area contributed by atoms with E-state index in [-0.39, 0.29) is 0 Å². The maximum atomic E-state index is 4.88. The Balaban J connectivity index is 1.52. The van der Waals surface area contributed by atoms with Gasteiger partial charge in [-0.3, -0.25) is 0 Å². The zero-order valence-electron chi connectivity index (χ0n) is 16.3. The van der Waals surface area contributed by atoms with Crippen LogP contribution in [0.3, 0.4) is 0 Å². The molecule has 0 N–H and O–H groups in total. The molecule has 0 aliphatic heterocycles. The summed E-state index contributed by atoms with van der Waals surface area (Å²) in [6, 6.07) is 10.3. The van der Waals surface area contributed by atoms with Gasteiger partial charge in [-0.2, -0.15) is 4.68 Å². The number of aromatic nitrogens is 7. The number of nitrogens with zero attached hydrogens (tertiary/aromatic N) is 7. The predicted octanol–water partition coefficient (Wildman–Crippen LogP) is 3.55. The van der Waals surface area contributed by atoms with Gasteiger partial charge in [0, 0.05) is 24.9 Å². The highest BCUT2D eigenvalue weighted by atomic mass is 32.2. The summed E-state index contributed by atoms with van der Waals surface area (Å²) in [5.41, 5.74) is 3.27. The molecule has 0 amide bonds. The topological polar surface area (TPSA) is 74.3 Å². The van der Waals surface area contributed by atoms with Crippen LogP contribution in [-0.4, -0.2) is 40.5 Å². The summed E-state index contributed by atoms with van der Waals surface area (Å²) in [6.45, 7) is 3.84. The standard InChI is InChI=1S/C20H21N7S/c1-11-21-12(2)27(25-11)18-10-16(23-20(24-18)28-4)13-9-14(13)19-22-15-7-5-6-8-17(15)26(19)3/h5-8,10,13-14H,9H2,1-4H3/t13-,14-/m1/s1. The Hall–Kier alpha value is -2.74. The highest BCUT2D eigenvalue weighted by molar-refractivity contribution is 7.98. The predicted molar refractivity (Wildman–Crippen MR) is 109 cm³/mol. The highest BCUT2D eigenvalue weighted by Crippen LogP contribution is 2.54.